The van der Waals surface area contributed by atoms with Crippen molar-refractivity contribution in [3.8, 4) is 0 Å². The van der Waals surface area contributed by atoms with Crippen molar-refractivity contribution in [1.29, 1.82) is 0 Å². The molecule has 0 amide bonds. The van der Waals surface area contributed by atoms with Crippen molar-refractivity contribution >= 4 is 33.0 Å². The zero-order chi connectivity index (χ0) is 22.0. The topological polar surface area (TPSA) is 49.4 Å². The van der Waals surface area contributed by atoms with Gasteiger partial charge in [0.05, 0.1) is 4.90 Å². The van der Waals surface area contributed by atoms with Crippen molar-refractivity contribution in [1.82, 2.24) is 4.72 Å². The number of hydrogen-bond donors (Lipinski definition) is 1. The minimum Gasteiger partial charge on any atom is -0.341 e. The Kier molecular flexibility index (Phi) is 6.27. The maximum Gasteiger partial charge on any atom is 0.240 e. The summed E-state index contributed by atoms with van der Waals surface area (Å²) in [6.45, 7) is 0.666. The smallest absolute Gasteiger partial charge is 0.240 e. The van der Waals surface area contributed by atoms with Crippen LogP contribution in [0.4, 0.5) is 20.2 Å². The Balaban J connectivity index is 1.51. The molecular formula is C23H21ClF2N2O2S. The molecule has 0 bridgehead atoms. The van der Waals surface area contributed by atoms with E-state index >= 15 is 0 Å². The predicted octanol–water partition coefficient (Wildman–Crippen LogP) is 5.22. The largest absolute Gasteiger partial charge is 0.341 e. The molecule has 0 fully saturated rings. The van der Waals surface area contributed by atoms with Gasteiger partial charge in [-0.2, -0.15) is 0 Å². The number of nitrogens with one attached hydrogen (secondary N) is 1. The lowest BCUT2D eigenvalue weighted by Crippen LogP contribution is -2.28. The first-order valence-electron chi connectivity index (χ1n) is 9.93. The van der Waals surface area contributed by atoms with E-state index in [0.29, 0.717) is 24.1 Å². The van der Waals surface area contributed by atoms with Crippen LogP contribution in [0.25, 0.3) is 0 Å². The Morgan fingerprint density at radius 3 is 2.32 bits per heavy atom. The van der Waals surface area contributed by atoms with Gasteiger partial charge in [0.2, 0.25) is 10.0 Å². The molecule has 1 aliphatic rings. The van der Waals surface area contributed by atoms with Gasteiger partial charge in [0.1, 0.15) is 11.6 Å². The highest BCUT2D eigenvalue weighted by molar-refractivity contribution is 7.89. The molecular weight excluding hydrogens is 442 g/mol. The SMILES string of the molecule is O=S(=O)(NCCCN1c2ccccc2CCc2ccc(Cl)cc21)c1cc(F)cc(F)c1. The molecule has 1 heterocycles. The number of rotatable bonds is 6. The van der Waals surface area contributed by atoms with Crippen LogP contribution in [0.5, 0.6) is 0 Å². The molecule has 0 unspecified atom stereocenters. The Hall–Kier alpha value is -2.48. The van der Waals surface area contributed by atoms with E-state index in [2.05, 4.69) is 15.7 Å². The maximum absolute atomic E-state index is 13.4. The van der Waals surface area contributed by atoms with E-state index in [4.69, 9.17) is 11.6 Å². The average molecular weight is 463 g/mol. The predicted molar refractivity (Wildman–Crippen MR) is 118 cm³/mol. The van der Waals surface area contributed by atoms with E-state index in [0.717, 1.165) is 36.3 Å². The molecule has 1 N–H and O–H groups in total. The van der Waals surface area contributed by atoms with Crippen LogP contribution in [-0.4, -0.2) is 21.5 Å². The van der Waals surface area contributed by atoms with E-state index in [9.17, 15) is 17.2 Å². The summed E-state index contributed by atoms with van der Waals surface area (Å²) in [6, 6.07) is 16.2. The van der Waals surface area contributed by atoms with Crippen molar-refractivity contribution in [2.24, 2.45) is 0 Å². The molecule has 0 saturated heterocycles. The molecule has 0 radical (unpaired) electrons. The molecule has 31 heavy (non-hydrogen) atoms. The fourth-order valence-electron chi connectivity index (χ4n) is 3.84. The highest BCUT2D eigenvalue weighted by atomic mass is 35.5. The lowest BCUT2D eigenvalue weighted by Gasteiger charge is -2.27. The molecule has 3 aromatic carbocycles. The standard InChI is InChI=1S/C23H21ClF2N2O2S/c24-18-9-8-17-7-6-16-4-1-2-5-22(16)28(23(17)12-18)11-3-10-27-31(29,30)21-14-19(25)13-20(26)15-21/h1-2,4-5,8-9,12-15,27H,3,6-7,10-11H2. The first kappa shape index (κ1) is 21.7. The molecule has 8 heteroatoms. The van der Waals surface area contributed by atoms with Crippen molar-refractivity contribution in [2.45, 2.75) is 24.2 Å². The average Bonchev–Trinajstić information content (AvgIpc) is 2.87. The summed E-state index contributed by atoms with van der Waals surface area (Å²) in [5.41, 5.74) is 4.47. The van der Waals surface area contributed by atoms with Gasteiger partial charge < -0.3 is 4.90 Å². The third-order valence-corrected chi connectivity index (χ3v) is 6.96. The third-order valence-electron chi connectivity index (χ3n) is 5.28. The molecule has 0 aliphatic carbocycles. The summed E-state index contributed by atoms with van der Waals surface area (Å²) in [7, 11) is -4.01. The van der Waals surface area contributed by atoms with Gasteiger partial charge in [-0.1, -0.05) is 35.9 Å². The highest BCUT2D eigenvalue weighted by Crippen LogP contribution is 2.37. The van der Waals surface area contributed by atoms with Crippen LogP contribution in [0.3, 0.4) is 0 Å². The maximum atomic E-state index is 13.4. The summed E-state index contributed by atoms with van der Waals surface area (Å²) in [4.78, 5) is 1.72. The first-order chi connectivity index (χ1) is 14.8. The molecule has 3 aromatic rings. The van der Waals surface area contributed by atoms with Gasteiger partial charge in [-0.05, 0) is 60.7 Å². The number of benzene rings is 3. The van der Waals surface area contributed by atoms with E-state index in [-0.39, 0.29) is 6.54 Å². The van der Waals surface area contributed by atoms with Crippen molar-refractivity contribution < 1.29 is 17.2 Å². The number of hydrogen-bond acceptors (Lipinski definition) is 3. The number of fused-ring (bicyclic) bond motifs is 2. The number of anilines is 2. The summed E-state index contributed by atoms with van der Waals surface area (Å²) in [5.74, 6) is -1.87. The Morgan fingerprint density at radius 1 is 0.903 bits per heavy atom. The van der Waals surface area contributed by atoms with Gasteiger partial charge in [0.15, 0.2) is 0 Å². The summed E-state index contributed by atoms with van der Waals surface area (Å²) in [5, 5.41) is 0.636. The van der Waals surface area contributed by atoms with Crippen LogP contribution in [0.1, 0.15) is 17.5 Å². The van der Waals surface area contributed by atoms with Crippen molar-refractivity contribution in [3.63, 3.8) is 0 Å². The molecule has 162 valence electrons. The zero-order valence-electron chi connectivity index (χ0n) is 16.6. The van der Waals surface area contributed by atoms with Crippen LogP contribution < -0.4 is 9.62 Å². The fraction of sp³-hybridized carbons (Fsp3) is 0.217. The molecule has 4 nitrogen and oxygen atoms in total. The number of sulfonamides is 1. The van der Waals surface area contributed by atoms with Gasteiger partial charge in [0.25, 0.3) is 0 Å². The zero-order valence-corrected chi connectivity index (χ0v) is 18.2. The second-order valence-corrected chi connectivity index (χ2v) is 9.61. The monoisotopic (exact) mass is 462 g/mol. The van der Waals surface area contributed by atoms with E-state index in [1.165, 1.54) is 11.1 Å². The van der Waals surface area contributed by atoms with Crippen LogP contribution in [-0.2, 0) is 22.9 Å². The number of halogens is 3. The Morgan fingerprint density at radius 2 is 1.58 bits per heavy atom. The van der Waals surface area contributed by atoms with Crippen molar-refractivity contribution in [3.05, 3.63) is 88.4 Å². The third kappa shape index (κ3) is 4.89. The lowest BCUT2D eigenvalue weighted by molar-refractivity contribution is 0.560. The van der Waals surface area contributed by atoms with E-state index < -0.39 is 26.6 Å². The van der Waals surface area contributed by atoms with Gasteiger partial charge >= 0.3 is 0 Å². The van der Waals surface area contributed by atoms with Crippen LogP contribution >= 0.6 is 11.6 Å². The minimum atomic E-state index is -4.01. The van der Waals surface area contributed by atoms with Gasteiger partial charge in [-0.25, -0.2) is 21.9 Å². The molecule has 0 spiro atoms. The molecule has 0 aromatic heterocycles. The Bertz CT molecular complexity index is 1200. The molecule has 4 rings (SSSR count). The molecule has 1 aliphatic heterocycles. The number of nitrogens with zero attached hydrogens (tertiary/aromatic N) is 1. The lowest BCUT2D eigenvalue weighted by atomic mass is 10.0. The van der Waals surface area contributed by atoms with Crippen LogP contribution in [0.15, 0.2) is 65.6 Å². The van der Waals surface area contributed by atoms with Crippen LogP contribution in [0, 0.1) is 11.6 Å². The molecule has 0 saturated carbocycles. The number of para-hydroxylation sites is 1. The van der Waals surface area contributed by atoms with E-state index in [1.54, 1.807) is 0 Å². The summed E-state index contributed by atoms with van der Waals surface area (Å²) < 4.78 is 54.0. The Labute approximate surface area is 185 Å². The summed E-state index contributed by atoms with van der Waals surface area (Å²) >= 11 is 6.26. The normalized spacial score (nSPS) is 13.5. The van der Waals surface area contributed by atoms with Crippen LogP contribution in [0.2, 0.25) is 5.02 Å². The second kappa shape index (κ2) is 8.94. The second-order valence-electron chi connectivity index (χ2n) is 7.41. The van der Waals surface area contributed by atoms with Gasteiger partial charge in [0, 0.05) is 35.6 Å². The first-order valence-corrected chi connectivity index (χ1v) is 11.8. The van der Waals surface area contributed by atoms with Crippen molar-refractivity contribution in [2.75, 3.05) is 18.0 Å². The summed E-state index contributed by atoms with van der Waals surface area (Å²) in [6.07, 6.45) is 2.27. The van der Waals surface area contributed by atoms with Gasteiger partial charge in [-0.15, -0.1) is 0 Å². The fourth-order valence-corrected chi connectivity index (χ4v) is 5.12. The quantitative estimate of drug-likeness (QED) is 0.511. The molecule has 0 atom stereocenters. The van der Waals surface area contributed by atoms with E-state index in [1.807, 2.05) is 36.4 Å². The highest BCUT2D eigenvalue weighted by Gasteiger charge is 2.21. The van der Waals surface area contributed by atoms with Gasteiger partial charge in [-0.3, -0.25) is 0 Å². The number of aryl methyl sites for hydroxylation is 2. The minimum absolute atomic E-state index is 0.120.